The number of carbonyl (C=O) groups excluding carboxylic acids is 1. The number of hydrogen-bond donors (Lipinski definition) is 3. The van der Waals surface area contributed by atoms with Crippen molar-refractivity contribution in [2.45, 2.75) is 6.92 Å². The number of nitrogens with one attached hydrogen (secondary N) is 2. The van der Waals surface area contributed by atoms with E-state index >= 15 is 0 Å². The maximum absolute atomic E-state index is 12.4. The second kappa shape index (κ2) is 8.75. The van der Waals surface area contributed by atoms with E-state index in [4.69, 9.17) is 15.5 Å². The van der Waals surface area contributed by atoms with E-state index in [1.54, 1.807) is 17.9 Å². The lowest BCUT2D eigenvalue weighted by Gasteiger charge is -2.26. The lowest BCUT2D eigenvalue weighted by molar-refractivity contribution is 0.0564. The number of hydrogen-bond acceptors (Lipinski definition) is 7. The number of morpholine rings is 1. The van der Waals surface area contributed by atoms with E-state index in [1.165, 1.54) is 0 Å². The number of nitrogens with zero attached hydrogens (tertiary/aromatic N) is 5. The summed E-state index contributed by atoms with van der Waals surface area (Å²) in [7, 11) is 0. The highest BCUT2D eigenvalue weighted by atomic mass is 16.5. The number of anilines is 4. The van der Waals surface area contributed by atoms with Crippen molar-refractivity contribution in [3.8, 4) is 11.4 Å². The van der Waals surface area contributed by atoms with Gasteiger partial charge in [-0.15, -0.1) is 0 Å². The van der Waals surface area contributed by atoms with Gasteiger partial charge in [-0.2, -0.15) is 0 Å². The fraction of sp³-hybridized carbons (Fsp3) is 0.217. The molecule has 4 N–H and O–H groups in total. The van der Waals surface area contributed by atoms with Crippen LogP contribution in [0.5, 0.6) is 0 Å². The molecule has 0 bridgehead atoms. The molecule has 5 rings (SSSR count). The third-order valence-electron chi connectivity index (χ3n) is 5.33. The Bertz CT molecular complexity index is 1280. The van der Waals surface area contributed by atoms with Crippen LogP contribution in [0.25, 0.3) is 17.0 Å². The van der Waals surface area contributed by atoms with Crippen LogP contribution in [0.4, 0.5) is 27.8 Å². The molecule has 1 aliphatic heterocycles. The largest absolute Gasteiger partial charge is 0.384 e. The van der Waals surface area contributed by atoms with Crippen LogP contribution >= 0.6 is 0 Å². The molecule has 3 aromatic heterocycles. The minimum atomic E-state index is -0.127. The quantitative estimate of drug-likeness (QED) is 0.441. The van der Waals surface area contributed by atoms with E-state index in [0.717, 1.165) is 17.0 Å². The predicted octanol–water partition coefficient (Wildman–Crippen LogP) is 3.29. The smallest absolute Gasteiger partial charge is 0.321 e. The Kier molecular flexibility index (Phi) is 5.49. The Morgan fingerprint density at radius 1 is 1.03 bits per heavy atom. The number of aryl methyl sites for hydroxylation is 1. The van der Waals surface area contributed by atoms with Crippen molar-refractivity contribution < 1.29 is 9.53 Å². The first-order valence-electron chi connectivity index (χ1n) is 10.7. The zero-order valence-corrected chi connectivity index (χ0v) is 18.2. The van der Waals surface area contributed by atoms with E-state index in [9.17, 15) is 4.79 Å². The fourth-order valence-corrected chi connectivity index (χ4v) is 3.78. The maximum atomic E-state index is 12.4. The van der Waals surface area contributed by atoms with Gasteiger partial charge in [-0.1, -0.05) is 6.07 Å². The van der Waals surface area contributed by atoms with E-state index in [2.05, 4.69) is 20.6 Å². The van der Waals surface area contributed by atoms with Crippen LogP contribution in [0, 0.1) is 6.92 Å². The zero-order chi connectivity index (χ0) is 22.8. The predicted molar refractivity (Wildman–Crippen MR) is 127 cm³/mol. The molecule has 2 amide bonds. The Hall–Kier alpha value is -4.18. The van der Waals surface area contributed by atoms with Crippen LogP contribution in [0.3, 0.4) is 0 Å². The maximum Gasteiger partial charge on any atom is 0.321 e. The molecule has 4 aromatic rings. The number of imidazole rings is 1. The minimum absolute atomic E-state index is 0.127. The summed E-state index contributed by atoms with van der Waals surface area (Å²) in [6.07, 6.45) is 1.93. The third-order valence-corrected chi connectivity index (χ3v) is 5.33. The summed E-state index contributed by atoms with van der Waals surface area (Å²) in [5.41, 5.74) is 9.75. The highest BCUT2D eigenvalue weighted by molar-refractivity contribution is 5.89. The first kappa shape index (κ1) is 20.7. The molecular formula is C23H24N8O2. The van der Waals surface area contributed by atoms with Gasteiger partial charge in [-0.3, -0.25) is 4.40 Å². The number of carbonyl (C=O) groups is 1. The summed E-state index contributed by atoms with van der Waals surface area (Å²) >= 11 is 0. The number of pyridine rings is 1. The second-order valence-electron chi connectivity index (χ2n) is 7.70. The molecule has 168 valence electrons. The van der Waals surface area contributed by atoms with Crippen LogP contribution in [0.2, 0.25) is 0 Å². The number of benzene rings is 1. The number of urea groups is 1. The molecule has 33 heavy (non-hydrogen) atoms. The molecule has 0 atom stereocenters. The van der Waals surface area contributed by atoms with Gasteiger partial charge >= 0.3 is 6.03 Å². The lowest BCUT2D eigenvalue weighted by atomic mass is 10.2. The van der Waals surface area contributed by atoms with Gasteiger partial charge in [0, 0.05) is 36.7 Å². The number of fused-ring (bicyclic) bond motifs is 1. The van der Waals surface area contributed by atoms with Crippen molar-refractivity contribution >= 4 is 34.7 Å². The lowest BCUT2D eigenvalue weighted by Crippen LogP contribution is -2.43. The number of ether oxygens (including phenoxy) is 1. The molecule has 1 aromatic carbocycles. The van der Waals surface area contributed by atoms with Crippen LogP contribution in [-0.4, -0.2) is 56.6 Å². The molecule has 0 spiro atoms. The first-order valence-corrected chi connectivity index (χ1v) is 10.7. The summed E-state index contributed by atoms with van der Waals surface area (Å²) < 4.78 is 7.26. The Morgan fingerprint density at radius 3 is 2.55 bits per heavy atom. The van der Waals surface area contributed by atoms with Gasteiger partial charge in [0.15, 0.2) is 5.82 Å². The van der Waals surface area contributed by atoms with Gasteiger partial charge in [0.2, 0.25) is 0 Å². The summed E-state index contributed by atoms with van der Waals surface area (Å²) in [6.45, 7) is 4.12. The normalized spacial score (nSPS) is 13.8. The standard InChI is InChI=1S/C23H24N8O2/c1-15-25-18(14-19(24)26-15)21-22(29-20-4-2-3-9-31(20)21)27-16-5-7-17(8-6-16)28-23(32)30-10-12-33-13-11-30/h2-9,14,27H,10-13H2,1H3,(H,28,32)(H2,24,25,26). The van der Waals surface area contributed by atoms with E-state index in [-0.39, 0.29) is 6.03 Å². The molecule has 1 saturated heterocycles. The topological polar surface area (TPSA) is 123 Å². The van der Waals surface area contributed by atoms with Gasteiger partial charge in [0.05, 0.1) is 18.9 Å². The van der Waals surface area contributed by atoms with Crippen molar-refractivity contribution in [1.82, 2.24) is 24.3 Å². The molecular weight excluding hydrogens is 420 g/mol. The molecule has 1 aliphatic rings. The second-order valence-corrected chi connectivity index (χ2v) is 7.70. The minimum Gasteiger partial charge on any atom is -0.384 e. The zero-order valence-electron chi connectivity index (χ0n) is 18.2. The van der Waals surface area contributed by atoms with Gasteiger partial charge in [-0.25, -0.2) is 19.7 Å². The summed E-state index contributed by atoms with van der Waals surface area (Å²) in [6, 6.07) is 14.9. The van der Waals surface area contributed by atoms with E-state index in [1.807, 2.05) is 53.1 Å². The molecule has 0 radical (unpaired) electrons. The van der Waals surface area contributed by atoms with Gasteiger partial charge < -0.3 is 26.0 Å². The molecule has 4 heterocycles. The Balaban J connectivity index is 1.40. The van der Waals surface area contributed by atoms with Crippen molar-refractivity contribution in [3.05, 3.63) is 60.6 Å². The molecule has 0 aliphatic carbocycles. The third kappa shape index (κ3) is 4.41. The van der Waals surface area contributed by atoms with Crippen molar-refractivity contribution in [2.75, 3.05) is 42.7 Å². The number of amides is 2. The molecule has 10 nitrogen and oxygen atoms in total. The van der Waals surface area contributed by atoms with Crippen molar-refractivity contribution in [2.24, 2.45) is 0 Å². The number of nitrogens with two attached hydrogens (primary N) is 1. The van der Waals surface area contributed by atoms with Crippen molar-refractivity contribution in [1.29, 1.82) is 0 Å². The summed E-state index contributed by atoms with van der Waals surface area (Å²) in [4.78, 5) is 27.6. The van der Waals surface area contributed by atoms with Crippen molar-refractivity contribution in [3.63, 3.8) is 0 Å². The van der Waals surface area contributed by atoms with Crippen LogP contribution in [-0.2, 0) is 4.74 Å². The van der Waals surface area contributed by atoms with Crippen LogP contribution < -0.4 is 16.4 Å². The van der Waals surface area contributed by atoms with Crippen LogP contribution in [0.1, 0.15) is 5.82 Å². The molecule has 1 fully saturated rings. The number of nitrogen functional groups attached to an aromatic ring is 1. The average Bonchev–Trinajstić information content (AvgIpc) is 3.18. The SMILES string of the molecule is Cc1nc(N)cc(-c2c(Nc3ccc(NC(=O)N4CCOCC4)cc3)nc3ccccn23)n1. The Labute approximate surface area is 190 Å². The Morgan fingerprint density at radius 2 is 1.79 bits per heavy atom. The molecule has 10 heteroatoms. The van der Waals surface area contributed by atoms with Gasteiger partial charge in [-0.05, 0) is 43.3 Å². The molecule has 0 unspecified atom stereocenters. The summed E-state index contributed by atoms with van der Waals surface area (Å²) in [5.74, 6) is 1.63. The summed E-state index contributed by atoms with van der Waals surface area (Å²) in [5, 5.41) is 6.30. The first-order chi connectivity index (χ1) is 16.1. The monoisotopic (exact) mass is 444 g/mol. The van der Waals surface area contributed by atoms with Gasteiger partial charge in [0.25, 0.3) is 0 Å². The highest BCUT2D eigenvalue weighted by Crippen LogP contribution is 2.31. The molecule has 0 saturated carbocycles. The fourth-order valence-electron chi connectivity index (χ4n) is 3.78. The van der Waals surface area contributed by atoms with E-state index < -0.39 is 0 Å². The van der Waals surface area contributed by atoms with Crippen LogP contribution in [0.15, 0.2) is 54.7 Å². The number of rotatable bonds is 4. The highest BCUT2D eigenvalue weighted by Gasteiger charge is 2.18. The van der Waals surface area contributed by atoms with E-state index in [0.29, 0.717) is 55.1 Å². The average molecular weight is 444 g/mol. The number of aromatic nitrogens is 4. The van der Waals surface area contributed by atoms with Gasteiger partial charge in [0.1, 0.15) is 23.0 Å².